The summed E-state index contributed by atoms with van der Waals surface area (Å²) in [6.07, 6.45) is -3.29. The third kappa shape index (κ3) is 4.11. The maximum atomic E-state index is 13.2. The number of nitrogens with zero attached hydrogens (tertiary/aromatic N) is 5. The smallest absolute Gasteiger partial charge is 0.383 e. The van der Waals surface area contributed by atoms with Gasteiger partial charge < -0.3 is 20.3 Å². The number of aromatic nitrogens is 3. The average Bonchev–Trinajstić information content (AvgIpc) is 2.66. The van der Waals surface area contributed by atoms with Crippen LogP contribution in [0.5, 0.6) is 0 Å². The monoisotopic (exact) mass is 396 g/mol. The molecule has 2 aromatic rings. The molecule has 1 fully saturated rings. The molecular weight excluding hydrogens is 373 g/mol. The van der Waals surface area contributed by atoms with Gasteiger partial charge in [-0.25, -0.2) is 9.97 Å². The largest absolute Gasteiger partial charge is 0.419 e. The number of pyridine rings is 1. The second-order valence-electron chi connectivity index (χ2n) is 6.70. The highest BCUT2D eigenvalue weighted by molar-refractivity contribution is 5.67. The zero-order valence-corrected chi connectivity index (χ0v) is 16.0. The van der Waals surface area contributed by atoms with Crippen LogP contribution in [0.15, 0.2) is 18.3 Å². The predicted octanol–water partition coefficient (Wildman–Crippen LogP) is 2.82. The summed E-state index contributed by atoms with van der Waals surface area (Å²) in [7, 11) is 1.83. The third-order valence-electron chi connectivity index (χ3n) is 4.70. The topological polar surface area (TPSA) is 80.4 Å². The summed E-state index contributed by atoms with van der Waals surface area (Å²) < 4.78 is 45.2. The minimum atomic E-state index is -4.59. The van der Waals surface area contributed by atoms with Crippen molar-refractivity contribution in [2.75, 3.05) is 48.9 Å². The predicted molar refractivity (Wildman–Crippen MR) is 101 cm³/mol. The molecule has 0 saturated carbocycles. The van der Waals surface area contributed by atoms with Crippen molar-refractivity contribution in [2.45, 2.75) is 26.1 Å². The molecule has 2 N–H and O–H groups in total. The van der Waals surface area contributed by atoms with Crippen molar-refractivity contribution >= 4 is 17.6 Å². The van der Waals surface area contributed by atoms with Crippen LogP contribution in [0, 0.1) is 0 Å². The molecule has 152 valence electrons. The van der Waals surface area contributed by atoms with E-state index in [1.54, 1.807) is 6.07 Å². The highest BCUT2D eigenvalue weighted by atomic mass is 19.4. The van der Waals surface area contributed by atoms with E-state index < -0.39 is 17.6 Å². The molecule has 0 amide bonds. The van der Waals surface area contributed by atoms with Gasteiger partial charge in [-0.1, -0.05) is 0 Å². The number of morpholine rings is 1. The molecule has 1 saturated heterocycles. The first kappa shape index (κ1) is 20.1. The van der Waals surface area contributed by atoms with Crippen LogP contribution in [-0.2, 0) is 10.9 Å². The first-order chi connectivity index (χ1) is 13.2. The fraction of sp³-hybridized carbons (Fsp3) is 0.500. The van der Waals surface area contributed by atoms with Gasteiger partial charge >= 0.3 is 6.18 Å². The Morgan fingerprint density at radius 1 is 1.32 bits per heavy atom. The van der Waals surface area contributed by atoms with Crippen molar-refractivity contribution in [3.05, 3.63) is 23.9 Å². The molecule has 0 radical (unpaired) electrons. The van der Waals surface area contributed by atoms with Crippen LogP contribution >= 0.6 is 0 Å². The normalized spacial score (nSPS) is 17.6. The molecule has 1 aliphatic heterocycles. The van der Waals surface area contributed by atoms with E-state index in [1.165, 1.54) is 6.20 Å². The SMILES string of the molecule is CCN(C)c1nc(-c2cnc(N)c(C(F)(F)F)c2)cc(N2CCOC[C@@H]2C)n1. The number of ether oxygens (including phenoxy) is 1. The van der Waals surface area contributed by atoms with Crippen molar-refractivity contribution in [3.63, 3.8) is 0 Å². The second-order valence-corrected chi connectivity index (χ2v) is 6.70. The van der Waals surface area contributed by atoms with Crippen LogP contribution in [0.2, 0.25) is 0 Å². The van der Waals surface area contributed by atoms with Crippen LogP contribution in [0.3, 0.4) is 0 Å². The van der Waals surface area contributed by atoms with E-state index >= 15 is 0 Å². The summed E-state index contributed by atoms with van der Waals surface area (Å²) in [6, 6.07) is 2.75. The Kier molecular flexibility index (Phi) is 5.59. The van der Waals surface area contributed by atoms with E-state index in [2.05, 4.69) is 19.9 Å². The van der Waals surface area contributed by atoms with Gasteiger partial charge in [-0.2, -0.15) is 18.2 Å². The standard InChI is InChI=1S/C18H23F3N6O/c1-4-26(3)17-24-14(8-15(25-17)27-5-6-28-10-11(27)2)12-7-13(18(19,20)21)16(22)23-9-12/h7-9,11H,4-6,10H2,1-3H3,(H2,22,23)/t11-/m0/s1. The molecule has 0 spiro atoms. The number of nitrogen functional groups attached to an aromatic ring is 1. The molecule has 3 heterocycles. The number of nitrogens with two attached hydrogens (primary N) is 1. The number of anilines is 3. The van der Waals surface area contributed by atoms with Crippen LogP contribution in [-0.4, -0.2) is 54.3 Å². The number of rotatable bonds is 4. The maximum absolute atomic E-state index is 13.2. The van der Waals surface area contributed by atoms with Crippen molar-refractivity contribution < 1.29 is 17.9 Å². The van der Waals surface area contributed by atoms with Crippen LogP contribution < -0.4 is 15.5 Å². The van der Waals surface area contributed by atoms with Gasteiger partial charge in [0, 0.05) is 38.0 Å². The van der Waals surface area contributed by atoms with Crippen molar-refractivity contribution in [1.29, 1.82) is 0 Å². The van der Waals surface area contributed by atoms with E-state index in [9.17, 15) is 13.2 Å². The molecule has 0 aliphatic carbocycles. The molecule has 2 aromatic heterocycles. The summed E-state index contributed by atoms with van der Waals surface area (Å²) in [5.41, 5.74) is 5.04. The summed E-state index contributed by atoms with van der Waals surface area (Å²) in [6.45, 7) is 6.36. The van der Waals surface area contributed by atoms with Gasteiger partial charge in [-0.05, 0) is 19.9 Å². The third-order valence-corrected chi connectivity index (χ3v) is 4.70. The van der Waals surface area contributed by atoms with Gasteiger partial charge in [0.25, 0.3) is 0 Å². The average molecular weight is 396 g/mol. The Balaban J connectivity index is 2.11. The lowest BCUT2D eigenvalue weighted by Gasteiger charge is -2.34. The molecule has 1 aliphatic rings. The fourth-order valence-electron chi connectivity index (χ4n) is 2.94. The first-order valence-electron chi connectivity index (χ1n) is 8.98. The Morgan fingerprint density at radius 2 is 2.07 bits per heavy atom. The van der Waals surface area contributed by atoms with Crippen molar-refractivity contribution in [3.8, 4) is 11.3 Å². The maximum Gasteiger partial charge on any atom is 0.419 e. The zero-order chi connectivity index (χ0) is 20.5. The highest BCUT2D eigenvalue weighted by Crippen LogP contribution is 2.35. The fourth-order valence-corrected chi connectivity index (χ4v) is 2.94. The molecule has 7 nitrogen and oxygen atoms in total. The van der Waals surface area contributed by atoms with Gasteiger partial charge in [0.1, 0.15) is 11.6 Å². The van der Waals surface area contributed by atoms with E-state index in [4.69, 9.17) is 10.5 Å². The van der Waals surface area contributed by atoms with E-state index in [0.717, 1.165) is 6.07 Å². The Labute approximate surface area is 161 Å². The number of hydrogen-bond donors (Lipinski definition) is 1. The molecule has 1 atom stereocenters. The number of halogens is 3. The second kappa shape index (κ2) is 7.78. The first-order valence-corrected chi connectivity index (χ1v) is 8.98. The van der Waals surface area contributed by atoms with E-state index in [-0.39, 0.29) is 11.6 Å². The molecular formula is C18H23F3N6O. The Morgan fingerprint density at radius 3 is 2.71 bits per heavy atom. The Bertz CT molecular complexity index is 845. The van der Waals surface area contributed by atoms with Crippen LogP contribution in [0.1, 0.15) is 19.4 Å². The number of hydrogen-bond acceptors (Lipinski definition) is 7. The lowest BCUT2D eigenvalue weighted by Crippen LogP contribution is -2.44. The van der Waals surface area contributed by atoms with E-state index in [1.807, 2.05) is 25.8 Å². The van der Waals surface area contributed by atoms with Crippen LogP contribution in [0.4, 0.5) is 30.8 Å². The molecule has 0 aromatic carbocycles. The molecule has 3 rings (SSSR count). The molecule has 0 bridgehead atoms. The summed E-state index contributed by atoms with van der Waals surface area (Å²) >= 11 is 0. The molecule has 10 heteroatoms. The summed E-state index contributed by atoms with van der Waals surface area (Å²) in [5, 5.41) is 0. The van der Waals surface area contributed by atoms with Crippen molar-refractivity contribution in [2.24, 2.45) is 0 Å². The lowest BCUT2D eigenvalue weighted by molar-refractivity contribution is -0.137. The van der Waals surface area contributed by atoms with Crippen molar-refractivity contribution in [1.82, 2.24) is 15.0 Å². The summed E-state index contributed by atoms with van der Waals surface area (Å²) in [5.74, 6) is 0.513. The number of alkyl halides is 3. The van der Waals surface area contributed by atoms with E-state index in [0.29, 0.717) is 43.8 Å². The quantitative estimate of drug-likeness (QED) is 0.851. The zero-order valence-electron chi connectivity index (χ0n) is 16.0. The summed E-state index contributed by atoms with van der Waals surface area (Å²) in [4.78, 5) is 16.7. The molecule has 0 unspecified atom stereocenters. The minimum Gasteiger partial charge on any atom is -0.383 e. The van der Waals surface area contributed by atoms with Crippen LogP contribution in [0.25, 0.3) is 11.3 Å². The highest BCUT2D eigenvalue weighted by Gasteiger charge is 2.34. The molecule has 28 heavy (non-hydrogen) atoms. The van der Waals surface area contributed by atoms with Gasteiger partial charge in [-0.15, -0.1) is 0 Å². The van der Waals surface area contributed by atoms with Gasteiger partial charge in [-0.3, -0.25) is 0 Å². The van der Waals surface area contributed by atoms with Gasteiger partial charge in [0.05, 0.1) is 30.5 Å². The van der Waals surface area contributed by atoms with Gasteiger partial charge in [0.2, 0.25) is 5.95 Å². The van der Waals surface area contributed by atoms with Gasteiger partial charge in [0.15, 0.2) is 0 Å². The Hall–Kier alpha value is -2.62. The minimum absolute atomic E-state index is 0.0894. The lowest BCUT2D eigenvalue weighted by atomic mass is 10.1.